The summed E-state index contributed by atoms with van der Waals surface area (Å²) in [5.41, 5.74) is 1.83. The molecule has 0 saturated heterocycles. The number of hydrogen-bond donors (Lipinski definition) is 1. The molecule has 0 atom stereocenters. The molecule has 0 unspecified atom stereocenters. The van der Waals surface area contributed by atoms with Crippen LogP contribution in [0, 0.1) is 6.92 Å². The van der Waals surface area contributed by atoms with E-state index >= 15 is 0 Å². The molecule has 0 aliphatic heterocycles. The van der Waals surface area contributed by atoms with Crippen LogP contribution < -0.4 is 10.1 Å². The maximum atomic E-state index is 12.3. The number of pyridine rings is 1. The predicted molar refractivity (Wildman–Crippen MR) is 117 cm³/mol. The van der Waals surface area contributed by atoms with Crippen molar-refractivity contribution in [2.75, 3.05) is 12.9 Å². The zero-order valence-electron chi connectivity index (χ0n) is 17.1. The van der Waals surface area contributed by atoms with Crippen LogP contribution >= 0.6 is 11.8 Å². The Morgan fingerprint density at radius 1 is 1.16 bits per heavy atom. The number of carbonyl (C=O) groups excluding carboxylic acids is 1. The van der Waals surface area contributed by atoms with Crippen LogP contribution in [0.25, 0.3) is 11.5 Å². The number of amides is 1. The molecular formula is C21H21N7O2S. The lowest BCUT2D eigenvalue weighted by Gasteiger charge is -2.09. The number of hydrogen-bond acceptors (Lipinski definition) is 7. The summed E-state index contributed by atoms with van der Waals surface area (Å²) in [5.74, 6) is 2.43. The summed E-state index contributed by atoms with van der Waals surface area (Å²) in [5, 5.41) is 11.9. The zero-order valence-corrected chi connectivity index (χ0v) is 17.9. The monoisotopic (exact) mass is 435 g/mol. The summed E-state index contributed by atoms with van der Waals surface area (Å²) in [6.07, 6.45) is 6.96. The summed E-state index contributed by atoms with van der Waals surface area (Å²) < 4.78 is 8.94. The normalized spacial score (nSPS) is 10.8. The second-order valence-electron chi connectivity index (χ2n) is 6.62. The van der Waals surface area contributed by atoms with E-state index in [-0.39, 0.29) is 11.7 Å². The molecule has 9 nitrogen and oxygen atoms in total. The third kappa shape index (κ3) is 4.92. The zero-order chi connectivity index (χ0) is 21.6. The van der Waals surface area contributed by atoms with E-state index < -0.39 is 0 Å². The number of aromatic nitrogens is 6. The molecule has 0 spiro atoms. The van der Waals surface area contributed by atoms with Gasteiger partial charge in [0.05, 0.1) is 12.9 Å². The SMILES string of the molecule is COc1ccc(-n2c(C)nnc2SCC(=O)NCc2ccc(-n3ccnc3)nc2)cc1. The molecule has 0 aliphatic carbocycles. The molecule has 31 heavy (non-hydrogen) atoms. The first kappa shape index (κ1) is 20.6. The van der Waals surface area contributed by atoms with E-state index in [0.717, 1.165) is 28.6 Å². The molecule has 4 rings (SSSR count). The van der Waals surface area contributed by atoms with Crippen LogP contribution in [0.5, 0.6) is 5.75 Å². The highest BCUT2D eigenvalue weighted by Crippen LogP contribution is 2.23. The fraction of sp³-hybridized carbons (Fsp3) is 0.190. The summed E-state index contributed by atoms with van der Waals surface area (Å²) in [6, 6.07) is 11.4. The third-order valence-corrected chi connectivity index (χ3v) is 5.45. The molecule has 0 bridgehead atoms. The van der Waals surface area contributed by atoms with E-state index in [0.29, 0.717) is 11.7 Å². The van der Waals surface area contributed by atoms with Gasteiger partial charge < -0.3 is 10.1 Å². The average molecular weight is 436 g/mol. The molecule has 158 valence electrons. The van der Waals surface area contributed by atoms with Crippen LogP contribution in [0.3, 0.4) is 0 Å². The molecule has 4 aromatic rings. The lowest BCUT2D eigenvalue weighted by Crippen LogP contribution is -2.24. The Morgan fingerprint density at radius 2 is 2.00 bits per heavy atom. The minimum absolute atomic E-state index is 0.0920. The van der Waals surface area contributed by atoms with Crippen molar-refractivity contribution >= 4 is 17.7 Å². The molecule has 0 radical (unpaired) electrons. The number of nitrogens with zero attached hydrogens (tertiary/aromatic N) is 6. The molecule has 0 aliphatic rings. The van der Waals surface area contributed by atoms with Gasteiger partial charge >= 0.3 is 0 Å². The highest BCUT2D eigenvalue weighted by atomic mass is 32.2. The smallest absolute Gasteiger partial charge is 0.230 e. The van der Waals surface area contributed by atoms with Crippen molar-refractivity contribution in [1.82, 2.24) is 34.6 Å². The van der Waals surface area contributed by atoms with E-state index in [4.69, 9.17) is 4.74 Å². The van der Waals surface area contributed by atoms with Gasteiger partial charge in [-0.15, -0.1) is 10.2 Å². The second kappa shape index (κ2) is 9.43. The quantitative estimate of drug-likeness (QED) is 0.425. The average Bonchev–Trinajstić information content (AvgIpc) is 3.47. The van der Waals surface area contributed by atoms with Crippen LogP contribution in [0.1, 0.15) is 11.4 Å². The molecule has 1 amide bonds. The summed E-state index contributed by atoms with van der Waals surface area (Å²) >= 11 is 1.34. The molecule has 0 saturated carbocycles. The minimum atomic E-state index is -0.0920. The number of carbonyl (C=O) groups is 1. The van der Waals surface area contributed by atoms with Gasteiger partial charge in [0.15, 0.2) is 5.16 Å². The van der Waals surface area contributed by atoms with Crippen LogP contribution in [0.2, 0.25) is 0 Å². The highest BCUT2D eigenvalue weighted by molar-refractivity contribution is 7.99. The van der Waals surface area contributed by atoms with E-state index in [2.05, 4.69) is 25.5 Å². The topological polar surface area (TPSA) is 99.8 Å². The number of rotatable bonds is 8. The minimum Gasteiger partial charge on any atom is -0.497 e. The van der Waals surface area contributed by atoms with Gasteiger partial charge in [0.2, 0.25) is 5.91 Å². The Kier molecular flexibility index (Phi) is 6.27. The maximum Gasteiger partial charge on any atom is 0.230 e. The second-order valence-corrected chi connectivity index (χ2v) is 7.57. The Hall–Kier alpha value is -3.66. The van der Waals surface area contributed by atoms with Crippen LogP contribution in [-0.4, -0.2) is 48.1 Å². The highest BCUT2D eigenvalue weighted by Gasteiger charge is 2.13. The lowest BCUT2D eigenvalue weighted by molar-refractivity contribution is -0.118. The first-order chi connectivity index (χ1) is 15.1. The van der Waals surface area contributed by atoms with Gasteiger partial charge in [-0.3, -0.25) is 13.9 Å². The van der Waals surface area contributed by atoms with Crippen molar-refractivity contribution in [3.8, 4) is 17.3 Å². The van der Waals surface area contributed by atoms with E-state index in [9.17, 15) is 4.79 Å². The summed E-state index contributed by atoms with van der Waals surface area (Å²) in [7, 11) is 1.63. The Labute approximate surface area is 183 Å². The fourth-order valence-corrected chi connectivity index (χ4v) is 3.74. The first-order valence-electron chi connectivity index (χ1n) is 9.53. The van der Waals surface area contributed by atoms with Crippen molar-refractivity contribution < 1.29 is 9.53 Å². The van der Waals surface area contributed by atoms with Crippen molar-refractivity contribution in [3.63, 3.8) is 0 Å². The number of thioether (sulfide) groups is 1. The van der Waals surface area contributed by atoms with Crippen molar-refractivity contribution in [1.29, 1.82) is 0 Å². The molecular weight excluding hydrogens is 414 g/mol. The number of nitrogens with one attached hydrogen (secondary N) is 1. The van der Waals surface area contributed by atoms with E-state index in [1.165, 1.54) is 11.8 Å². The summed E-state index contributed by atoms with van der Waals surface area (Å²) in [6.45, 7) is 2.28. The van der Waals surface area contributed by atoms with Gasteiger partial charge in [-0.05, 0) is 42.8 Å². The lowest BCUT2D eigenvalue weighted by atomic mass is 10.3. The molecule has 0 fully saturated rings. The van der Waals surface area contributed by atoms with Crippen molar-refractivity contribution in [2.24, 2.45) is 0 Å². The molecule has 1 aromatic carbocycles. The number of aryl methyl sites for hydroxylation is 1. The van der Waals surface area contributed by atoms with Gasteiger partial charge in [-0.1, -0.05) is 17.8 Å². The Bertz CT molecular complexity index is 1140. The van der Waals surface area contributed by atoms with E-state index in [1.807, 2.05) is 58.7 Å². The van der Waals surface area contributed by atoms with Crippen LogP contribution in [0.15, 0.2) is 66.5 Å². The molecule has 10 heteroatoms. The van der Waals surface area contributed by atoms with E-state index in [1.54, 1.807) is 25.8 Å². The Balaban J connectivity index is 1.33. The summed E-state index contributed by atoms with van der Waals surface area (Å²) in [4.78, 5) is 20.7. The van der Waals surface area contributed by atoms with Crippen molar-refractivity contribution in [3.05, 3.63) is 72.7 Å². The van der Waals surface area contributed by atoms with Gasteiger partial charge in [0, 0.05) is 30.8 Å². The van der Waals surface area contributed by atoms with Crippen LogP contribution in [0.4, 0.5) is 0 Å². The first-order valence-corrected chi connectivity index (χ1v) is 10.5. The predicted octanol–water partition coefficient (Wildman–Crippen LogP) is 2.57. The maximum absolute atomic E-state index is 12.3. The van der Waals surface area contributed by atoms with Gasteiger partial charge in [0.25, 0.3) is 0 Å². The molecule has 3 aromatic heterocycles. The van der Waals surface area contributed by atoms with Gasteiger partial charge in [-0.2, -0.15) is 0 Å². The fourth-order valence-electron chi connectivity index (χ4n) is 2.92. The number of imidazole rings is 1. The largest absolute Gasteiger partial charge is 0.497 e. The number of ether oxygens (including phenoxy) is 1. The van der Waals surface area contributed by atoms with Crippen molar-refractivity contribution in [2.45, 2.75) is 18.6 Å². The third-order valence-electron chi connectivity index (χ3n) is 4.53. The molecule has 3 heterocycles. The standard InChI is InChI=1S/C21H21N7O2S/c1-15-25-26-21(28(15)17-4-6-18(30-2)7-5-17)31-13-20(29)24-12-16-3-8-19(23-11-16)27-10-9-22-14-27/h3-11,14H,12-13H2,1-2H3,(H,24,29). The number of methoxy groups -OCH3 is 1. The van der Waals surface area contributed by atoms with Gasteiger partial charge in [-0.25, -0.2) is 9.97 Å². The molecule has 1 N–H and O–H groups in total. The van der Waals surface area contributed by atoms with Gasteiger partial charge in [0.1, 0.15) is 23.7 Å². The van der Waals surface area contributed by atoms with Crippen LogP contribution in [-0.2, 0) is 11.3 Å². The number of benzene rings is 1. The Morgan fingerprint density at radius 3 is 2.68 bits per heavy atom.